The molecular weight excluding hydrogens is 1040 g/mol. The zero-order chi connectivity index (χ0) is 57.0. The lowest BCUT2D eigenvalue weighted by Gasteiger charge is -2.26. The summed E-state index contributed by atoms with van der Waals surface area (Å²) in [6.07, 6.45) is 0. The molecule has 12 rings (SSSR count). The fourth-order valence-corrected chi connectivity index (χ4v) is 10.3. The first-order chi connectivity index (χ1) is 39.7. The third-order valence-electron chi connectivity index (χ3n) is 14.5. The number of fused-ring (bicyclic) bond motifs is 5. The van der Waals surface area contributed by atoms with E-state index in [0.29, 0.717) is 33.4 Å². The van der Waals surface area contributed by atoms with E-state index in [2.05, 4.69) is 46.4 Å². The van der Waals surface area contributed by atoms with E-state index in [1.54, 1.807) is 54.6 Å². The summed E-state index contributed by atoms with van der Waals surface area (Å²) in [5.74, 6) is -3.42. The maximum Gasteiger partial charge on any atom is 0.350 e. The number of nitrogens with zero attached hydrogens (tertiary/aromatic N) is 6. The van der Waals surface area contributed by atoms with Gasteiger partial charge < -0.3 is 33.4 Å². The number of imide groups is 2. The molecule has 82 heavy (non-hydrogen) atoms. The molecule has 18 heteroatoms. The van der Waals surface area contributed by atoms with Gasteiger partial charge in [-0.2, -0.15) is 9.97 Å². The van der Waals surface area contributed by atoms with Crippen molar-refractivity contribution < 1.29 is 57.6 Å². The Morgan fingerprint density at radius 3 is 1.66 bits per heavy atom. The number of amides is 4. The third-order valence-corrected chi connectivity index (χ3v) is 14.5. The highest BCUT2D eigenvalue weighted by atomic mass is 16.6. The van der Waals surface area contributed by atoms with Crippen LogP contribution in [0.1, 0.15) is 99.6 Å². The van der Waals surface area contributed by atoms with Crippen LogP contribution in [0.5, 0.6) is 40.8 Å². The van der Waals surface area contributed by atoms with E-state index in [1.807, 2.05) is 72.8 Å². The zero-order valence-electron chi connectivity index (χ0n) is 44.3. The number of hydrogen-bond donors (Lipinski definition) is 1. The Kier molecular flexibility index (Phi) is 13.1. The lowest BCUT2D eigenvalue weighted by molar-refractivity contribution is 0.0700. The van der Waals surface area contributed by atoms with Gasteiger partial charge in [-0.1, -0.05) is 86.6 Å². The number of carbonyl (C=O) groups is 6. The molecule has 0 saturated heterocycles. The third kappa shape index (κ3) is 9.17. The summed E-state index contributed by atoms with van der Waals surface area (Å²) >= 11 is 0. The van der Waals surface area contributed by atoms with E-state index in [1.165, 1.54) is 54.5 Å². The van der Waals surface area contributed by atoms with Crippen LogP contribution in [0.3, 0.4) is 0 Å². The zero-order valence-corrected chi connectivity index (χ0v) is 44.3. The normalized spacial score (nSPS) is 12.9. The molecular formula is C64H46N6O12. The van der Waals surface area contributed by atoms with E-state index < -0.39 is 65.6 Å². The fourth-order valence-electron chi connectivity index (χ4n) is 10.3. The van der Waals surface area contributed by atoms with E-state index in [-0.39, 0.29) is 44.9 Å². The number of esters is 2. The predicted molar refractivity (Wildman–Crippen MR) is 301 cm³/mol. The van der Waals surface area contributed by atoms with Crippen molar-refractivity contribution in [2.45, 2.75) is 39.3 Å². The quantitative estimate of drug-likeness (QED) is 0.0745. The molecule has 404 valence electrons. The van der Waals surface area contributed by atoms with Crippen molar-refractivity contribution in [2.24, 2.45) is 0 Å². The molecule has 8 aromatic carbocycles. The van der Waals surface area contributed by atoms with Crippen LogP contribution < -0.4 is 33.5 Å². The van der Waals surface area contributed by atoms with E-state index in [4.69, 9.17) is 23.7 Å². The highest BCUT2D eigenvalue weighted by Gasteiger charge is 2.41. The largest absolute Gasteiger partial charge is 0.496 e. The van der Waals surface area contributed by atoms with E-state index in [0.717, 1.165) is 39.5 Å². The Bertz CT molecular complexity index is 4270. The molecule has 0 radical (unpaired) electrons. The van der Waals surface area contributed by atoms with Crippen LogP contribution in [-0.4, -0.2) is 67.3 Å². The van der Waals surface area contributed by atoms with Crippen LogP contribution in [0.2, 0.25) is 0 Å². The maximum atomic E-state index is 14.1. The molecule has 0 fully saturated rings. The van der Waals surface area contributed by atoms with Gasteiger partial charge in [0.15, 0.2) is 0 Å². The van der Waals surface area contributed by atoms with Crippen molar-refractivity contribution in [3.63, 3.8) is 0 Å². The summed E-state index contributed by atoms with van der Waals surface area (Å²) in [4.78, 5) is 96.5. The van der Waals surface area contributed by atoms with Gasteiger partial charge in [-0.25, -0.2) is 19.4 Å². The van der Waals surface area contributed by atoms with Crippen molar-refractivity contribution in [3.8, 4) is 40.8 Å². The number of rotatable bonds is 15. The minimum Gasteiger partial charge on any atom is -0.496 e. The van der Waals surface area contributed by atoms with E-state index in [9.17, 15) is 33.9 Å². The molecule has 10 aromatic rings. The first-order valence-electron chi connectivity index (χ1n) is 25.9. The number of methoxy groups -OCH3 is 1. The second-order valence-corrected chi connectivity index (χ2v) is 19.6. The Hall–Kier alpha value is -10.9. The molecule has 2 aliphatic rings. The number of aliphatic hydroxyl groups excluding tert-OH is 1. The molecule has 18 nitrogen and oxygen atoms in total. The van der Waals surface area contributed by atoms with Crippen molar-refractivity contribution in [2.75, 3.05) is 16.9 Å². The van der Waals surface area contributed by atoms with Crippen molar-refractivity contribution in [1.82, 2.24) is 19.5 Å². The summed E-state index contributed by atoms with van der Waals surface area (Å²) in [5, 5.41) is 12.0. The number of ether oxygens (including phenoxy) is 5. The van der Waals surface area contributed by atoms with Crippen molar-refractivity contribution in [3.05, 3.63) is 226 Å². The number of carbonyl (C=O) groups excluding carboxylic acids is 6. The molecule has 0 unspecified atom stereocenters. The van der Waals surface area contributed by atoms with Gasteiger partial charge in [-0.05, 0) is 127 Å². The summed E-state index contributed by atoms with van der Waals surface area (Å²) in [5.41, 5.74) is 4.67. The Balaban J connectivity index is 0.725. The van der Waals surface area contributed by atoms with Crippen LogP contribution in [0.15, 0.2) is 176 Å². The molecule has 0 aliphatic carbocycles. The van der Waals surface area contributed by atoms with Gasteiger partial charge in [0.2, 0.25) is 5.95 Å². The minimum atomic E-state index is -1.07. The van der Waals surface area contributed by atoms with Gasteiger partial charge in [0, 0.05) is 33.8 Å². The maximum absolute atomic E-state index is 14.1. The molecule has 0 atom stereocenters. The van der Waals surface area contributed by atoms with Crippen LogP contribution in [0.25, 0.3) is 21.8 Å². The molecule has 0 bridgehead atoms. The highest BCUT2D eigenvalue weighted by Crippen LogP contribution is 2.39. The first-order valence-corrected chi connectivity index (χ1v) is 25.9. The Morgan fingerprint density at radius 2 is 1.06 bits per heavy atom. The molecule has 0 spiro atoms. The Morgan fingerprint density at radius 1 is 0.524 bits per heavy atom. The lowest BCUT2D eigenvalue weighted by atomic mass is 9.78. The summed E-state index contributed by atoms with van der Waals surface area (Å²) < 4.78 is 30.9. The molecule has 0 saturated carbocycles. The summed E-state index contributed by atoms with van der Waals surface area (Å²) in [6.45, 7) is 6.46. The molecule has 4 heterocycles. The Labute approximate surface area is 467 Å². The highest BCUT2D eigenvalue weighted by molar-refractivity contribution is 6.35. The van der Waals surface area contributed by atoms with Gasteiger partial charge >= 0.3 is 24.0 Å². The number of benzene rings is 8. The predicted octanol–water partition coefficient (Wildman–Crippen LogP) is 11.5. The SMILES string of the molecule is CCn1c2ccccc2c2cc(N3C(=O)c4ccc(Oc5ccc(C(C)(C)c6ccc(Oc7ccc8c(c7)C(=O)N(c7nc(OC(=O)c9ccccc9)nc(OC(=O)c9c(CO)cccc9OC)n7)C8=O)cc6)cc5)cc4C3=O)ccc21. The van der Waals surface area contributed by atoms with Crippen LogP contribution in [-0.2, 0) is 18.6 Å². The topological polar surface area (TPSA) is 219 Å². The van der Waals surface area contributed by atoms with Gasteiger partial charge in [0.1, 0.15) is 34.3 Å². The van der Waals surface area contributed by atoms with Crippen LogP contribution >= 0.6 is 0 Å². The van der Waals surface area contributed by atoms with E-state index >= 15 is 0 Å². The molecule has 2 aliphatic heterocycles. The van der Waals surface area contributed by atoms with Crippen molar-refractivity contribution in [1.29, 1.82) is 0 Å². The van der Waals surface area contributed by atoms with Crippen LogP contribution in [0, 0.1) is 0 Å². The number of para-hydroxylation sites is 1. The summed E-state index contributed by atoms with van der Waals surface area (Å²) in [6, 6.07) is 49.0. The fraction of sp³-hybridized carbons (Fsp3) is 0.109. The monoisotopic (exact) mass is 1090 g/mol. The van der Waals surface area contributed by atoms with Gasteiger partial charge in [0.05, 0.1) is 47.2 Å². The van der Waals surface area contributed by atoms with Gasteiger partial charge in [-0.15, -0.1) is 4.98 Å². The number of aryl methyl sites for hydroxylation is 1. The number of anilines is 2. The van der Waals surface area contributed by atoms with Gasteiger partial charge in [-0.3, -0.25) is 19.2 Å². The number of hydrogen-bond acceptors (Lipinski definition) is 15. The average molecular weight is 1090 g/mol. The molecule has 4 amide bonds. The second-order valence-electron chi connectivity index (χ2n) is 19.6. The number of aromatic nitrogens is 4. The molecule has 2 aromatic heterocycles. The standard InChI is InChI=1S/C64H46N6O12/c1-5-68-51-16-10-9-15-45(51)48-32-40(22-31-52(48)68)69-55(72)46-29-27-43(33-49(46)57(69)74)79-41-23-18-38(19-24-41)64(2,3)39-20-25-42(26-21-39)80-44-28-30-47-50(34-44)58(75)70(56(47)73)61-65-62(81-59(76)36-12-7-6-8-13-36)67-63(66-61)82-60(77)54-37(35-71)14-11-17-53(54)78-4/h6-34,71H,5,35H2,1-4H3. The lowest BCUT2D eigenvalue weighted by Crippen LogP contribution is -2.32. The van der Waals surface area contributed by atoms with Gasteiger partial charge in [0.25, 0.3) is 23.6 Å². The van der Waals surface area contributed by atoms with Crippen LogP contribution in [0.4, 0.5) is 11.6 Å². The first kappa shape index (κ1) is 51.9. The smallest absolute Gasteiger partial charge is 0.350 e. The number of aliphatic hydroxyl groups is 1. The summed E-state index contributed by atoms with van der Waals surface area (Å²) in [7, 11) is 1.32. The van der Waals surface area contributed by atoms with Crippen molar-refractivity contribution >= 4 is 69.0 Å². The minimum absolute atomic E-state index is 0.0123. The molecule has 1 N–H and O–H groups in total. The second kappa shape index (κ2) is 20.7. The average Bonchev–Trinajstić information content (AvgIpc) is 3.30.